The van der Waals surface area contributed by atoms with Gasteiger partial charge in [-0.3, -0.25) is 14.4 Å². The third kappa shape index (κ3) is 4.42. The lowest BCUT2D eigenvalue weighted by Gasteiger charge is -2.43. The van der Waals surface area contributed by atoms with E-state index in [-0.39, 0.29) is 35.7 Å². The number of rotatable bonds is 9. The minimum Gasteiger partial charge on any atom is -0.394 e. The topological polar surface area (TPSA) is 90.4 Å². The average Bonchev–Trinajstić information content (AvgIpc) is 3.46. The molecule has 1 aromatic carbocycles. The summed E-state index contributed by atoms with van der Waals surface area (Å²) in [5.74, 6) is -2.45. The number of ether oxygens (including phenoxy) is 1. The van der Waals surface area contributed by atoms with Crippen molar-refractivity contribution in [3.8, 4) is 0 Å². The van der Waals surface area contributed by atoms with Gasteiger partial charge in [-0.15, -0.1) is 13.2 Å². The van der Waals surface area contributed by atoms with E-state index in [0.29, 0.717) is 18.5 Å². The van der Waals surface area contributed by atoms with Crippen LogP contribution in [0.5, 0.6) is 0 Å². The van der Waals surface area contributed by atoms with Gasteiger partial charge in [-0.1, -0.05) is 58.4 Å². The highest BCUT2D eigenvalue weighted by Gasteiger charge is 2.77. The van der Waals surface area contributed by atoms with Crippen LogP contribution >= 0.6 is 15.9 Å². The number of aliphatic hydroxyl groups is 1. The molecule has 3 aliphatic rings. The molecule has 0 aliphatic carbocycles. The molecule has 1 aromatic rings. The second-order valence-electron chi connectivity index (χ2n) is 11.4. The first kappa shape index (κ1) is 28.5. The fourth-order valence-electron chi connectivity index (χ4n) is 6.50. The summed E-state index contributed by atoms with van der Waals surface area (Å²) in [4.78, 5) is 47.2. The zero-order valence-electron chi connectivity index (χ0n) is 22.5. The zero-order chi connectivity index (χ0) is 28.0. The summed E-state index contributed by atoms with van der Waals surface area (Å²) in [6.45, 7) is 13.6. The van der Waals surface area contributed by atoms with Crippen LogP contribution in [0.15, 0.2) is 55.6 Å². The summed E-state index contributed by atoms with van der Waals surface area (Å²) in [7, 11) is 1.68. The van der Waals surface area contributed by atoms with Gasteiger partial charge in [0.05, 0.1) is 30.6 Å². The third-order valence-corrected chi connectivity index (χ3v) is 8.95. The molecule has 0 aromatic heterocycles. The maximum Gasteiger partial charge on any atom is 0.249 e. The number of likely N-dealkylation sites (tertiary alicyclic amines) is 1. The Labute approximate surface area is 233 Å². The molecule has 2 bridgehead atoms. The van der Waals surface area contributed by atoms with E-state index in [2.05, 4.69) is 29.1 Å². The molecule has 206 valence electrons. The first-order chi connectivity index (χ1) is 17.9. The fourth-order valence-corrected chi connectivity index (χ4v) is 7.45. The molecule has 9 heteroatoms. The first-order valence-corrected chi connectivity index (χ1v) is 13.9. The second-order valence-corrected chi connectivity index (χ2v) is 12.6. The Kier molecular flexibility index (Phi) is 7.94. The molecular weight excluding hydrogens is 550 g/mol. The van der Waals surface area contributed by atoms with E-state index in [9.17, 15) is 19.5 Å². The van der Waals surface area contributed by atoms with E-state index < -0.39 is 41.2 Å². The van der Waals surface area contributed by atoms with Gasteiger partial charge >= 0.3 is 0 Å². The van der Waals surface area contributed by atoms with Crippen molar-refractivity contribution in [1.29, 1.82) is 0 Å². The van der Waals surface area contributed by atoms with Gasteiger partial charge in [0.1, 0.15) is 11.6 Å². The maximum absolute atomic E-state index is 14.5. The Morgan fingerprint density at radius 2 is 1.84 bits per heavy atom. The number of amides is 3. The van der Waals surface area contributed by atoms with Crippen molar-refractivity contribution >= 4 is 33.7 Å². The number of likely N-dealkylation sites (N-methyl/N-ethyl adjacent to an activating group) is 1. The Morgan fingerprint density at radius 1 is 1.21 bits per heavy atom. The molecule has 3 aliphatic heterocycles. The molecule has 3 fully saturated rings. The molecule has 3 amide bonds. The lowest BCUT2D eigenvalue weighted by molar-refractivity contribution is -0.154. The van der Waals surface area contributed by atoms with Gasteiger partial charge in [-0.2, -0.15) is 0 Å². The van der Waals surface area contributed by atoms with Crippen molar-refractivity contribution in [2.24, 2.45) is 11.8 Å². The van der Waals surface area contributed by atoms with Crippen molar-refractivity contribution in [2.45, 2.75) is 61.3 Å². The lowest BCUT2D eigenvalue weighted by Crippen LogP contribution is -2.60. The van der Waals surface area contributed by atoms with Crippen LogP contribution in [-0.2, 0) is 19.1 Å². The molecule has 3 saturated heterocycles. The summed E-state index contributed by atoms with van der Waals surface area (Å²) in [6.07, 6.45) is 3.15. The molecular formula is C29H38BrN3O5. The Hall–Kier alpha value is -2.49. The molecule has 3 unspecified atom stereocenters. The highest BCUT2D eigenvalue weighted by atomic mass is 79.9. The summed E-state index contributed by atoms with van der Waals surface area (Å²) < 4.78 is 6.63. The number of carbonyl (C=O) groups excluding carboxylic acids is 3. The van der Waals surface area contributed by atoms with Gasteiger partial charge in [-0.25, -0.2) is 0 Å². The van der Waals surface area contributed by atoms with Crippen LogP contribution in [0, 0.1) is 11.8 Å². The normalized spacial score (nSPS) is 30.6. The fraction of sp³-hybridized carbons (Fsp3) is 0.552. The molecule has 3 heterocycles. The second kappa shape index (κ2) is 10.6. The number of carbonyl (C=O) groups is 3. The van der Waals surface area contributed by atoms with Crippen molar-refractivity contribution in [3.63, 3.8) is 0 Å². The van der Waals surface area contributed by atoms with Crippen LogP contribution < -0.4 is 0 Å². The van der Waals surface area contributed by atoms with Gasteiger partial charge in [0.25, 0.3) is 0 Å². The number of alkyl halides is 1. The number of fused-ring (bicyclic) bond motifs is 1. The Balaban J connectivity index is 1.89. The van der Waals surface area contributed by atoms with E-state index in [1.807, 2.05) is 51.1 Å². The minimum atomic E-state index is -1.21. The number of hydrogen-bond acceptors (Lipinski definition) is 5. The molecule has 0 saturated carbocycles. The lowest BCUT2D eigenvalue weighted by atomic mass is 9.70. The number of aliphatic hydroxyl groups excluding tert-OH is 1. The van der Waals surface area contributed by atoms with Crippen LogP contribution in [0.2, 0.25) is 0 Å². The number of benzene rings is 1. The summed E-state index contributed by atoms with van der Waals surface area (Å²) in [6, 6.07) is 7.39. The van der Waals surface area contributed by atoms with E-state index in [0.717, 1.165) is 0 Å². The molecule has 4 rings (SSSR count). The van der Waals surface area contributed by atoms with Gasteiger partial charge in [-0.05, 0) is 32.8 Å². The van der Waals surface area contributed by atoms with Gasteiger partial charge in [0.2, 0.25) is 17.7 Å². The molecule has 7 atom stereocenters. The molecule has 38 heavy (non-hydrogen) atoms. The number of hydrogen-bond donors (Lipinski definition) is 1. The van der Waals surface area contributed by atoms with Gasteiger partial charge in [0, 0.05) is 30.5 Å². The Bertz CT molecular complexity index is 1110. The van der Waals surface area contributed by atoms with Gasteiger partial charge < -0.3 is 24.5 Å². The smallest absolute Gasteiger partial charge is 0.249 e. The quantitative estimate of drug-likeness (QED) is 0.354. The van der Waals surface area contributed by atoms with Gasteiger partial charge in [0.15, 0.2) is 0 Å². The molecule has 8 nitrogen and oxygen atoms in total. The van der Waals surface area contributed by atoms with Crippen molar-refractivity contribution < 1.29 is 24.2 Å². The highest BCUT2D eigenvalue weighted by Crippen LogP contribution is 2.61. The summed E-state index contributed by atoms with van der Waals surface area (Å²) >= 11 is 3.71. The van der Waals surface area contributed by atoms with Crippen molar-refractivity contribution in [1.82, 2.24) is 14.7 Å². The van der Waals surface area contributed by atoms with Crippen LogP contribution in [0.25, 0.3) is 0 Å². The minimum absolute atomic E-state index is 0.209. The SMILES string of the molecule is C=CCN(C)C(=O)[C@H]1[C@@H]2OC3(CC2Br)C(C(=O)N(CC=C)C(C)(C)C)N([C@H](CO)c2ccccc2)C(=O)[C@H]13. The van der Waals surface area contributed by atoms with Crippen LogP contribution in [0.3, 0.4) is 0 Å². The van der Waals surface area contributed by atoms with Crippen molar-refractivity contribution in [3.05, 3.63) is 61.2 Å². The predicted octanol–water partition coefficient (Wildman–Crippen LogP) is 2.93. The number of halogens is 1. The molecule has 1 N–H and O–H groups in total. The highest BCUT2D eigenvalue weighted by molar-refractivity contribution is 9.09. The predicted molar refractivity (Wildman–Crippen MR) is 148 cm³/mol. The van der Waals surface area contributed by atoms with E-state index in [1.54, 1.807) is 29.0 Å². The van der Waals surface area contributed by atoms with Crippen LogP contribution in [0.1, 0.15) is 38.8 Å². The zero-order valence-corrected chi connectivity index (χ0v) is 24.1. The Morgan fingerprint density at radius 3 is 2.39 bits per heavy atom. The average molecular weight is 589 g/mol. The monoisotopic (exact) mass is 587 g/mol. The standard InChI is InChI=1S/C29H38BrN3O5/c1-7-14-31(6)25(35)21-22-26(36)33(20(17-34)18-12-10-9-11-13-18)24(29(22)16-19(30)23(21)38-29)27(37)32(15-8-2)28(3,4)5/h7-13,19-24,34H,1-2,14-17H2,3-6H3/t19?,20-,21-,22+,23-,24?,29?/m1/s1. The van der Waals surface area contributed by atoms with E-state index in [4.69, 9.17) is 4.74 Å². The van der Waals surface area contributed by atoms with E-state index >= 15 is 0 Å². The summed E-state index contributed by atoms with van der Waals surface area (Å²) in [5, 5.41) is 10.6. The largest absolute Gasteiger partial charge is 0.394 e. The van der Waals surface area contributed by atoms with Crippen LogP contribution in [-0.4, -0.2) is 92.4 Å². The number of nitrogens with zero attached hydrogens (tertiary/aromatic N) is 3. The van der Waals surface area contributed by atoms with Crippen molar-refractivity contribution in [2.75, 3.05) is 26.7 Å². The molecule has 1 spiro atoms. The van der Waals surface area contributed by atoms with Crippen LogP contribution in [0.4, 0.5) is 0 Å². The third-order valence-electron chi connectivity index (χ3n) is 8.11. The first-order valence-electron chi connectivity index (χ1n) is 13.0. The molecule has 0 radical (unpaired) electrons. The maximum atomic E-state index is 14.5. The van der Waals surface area contributed by atoms with E-state index in [1.165, 1.54) is 4.90 Å². The summed E-state index contributed by atoms with van der Waals surface area (Å²) in [5.41, 5.74) is -1.07.